The van der Waals surface area contributed by atoms with Crippen molar-refractivity contribution in [1.82, 2.24) is 14.9 Å². The van der Waals surface area contributed by atoms with Crippen molar-refractivity contribution in [3.05, 3.63) is 81.8 Å². The van der Waals surface area contributed by atoms with Crippen molar-refractivity contribution >= 4 is 38.9 Å². The van der Waals surface area contributed by atoms with Crippen molar-refractivity contribution in [2.75, 3.05) is 18.6 Å². The Balaban J connectivity index is 1.83. The highest BCUT2D eigenvalue weighted by atomic mass is 79.9. The summed E-state index contributed by atoms with van der Waals surface area (Å²) in [6, 6.07) is 16.5. The number of rotatable bonds is 6. The summed E-state index contributed by atoms with van der Waals surface area (Å²) in [5.41, 5.74) is 5.72. The summed E-state index contributed by atoms with van der Waals surface area (Å²) in [7, 11) is 1.74. The van der Waals surface area contributed by atoms with E-state index in [1.807, 2.05) is 30.5 Å². The molecule has 1 aliphatic heterocycles. The Morgan fingerprint density at radius 3 is 2.60 bits per heavy atom. The molecular formula is C23H25BrN4OS. The molecule has 1 aromatic carbocycles. The van der Waals surface area contributed by atoms with E-state index < -0.39 is 0 Å². The maximum absolute atomic E-state index is 5.81. The number of aryl methyl sites for hydroxylation is 1. The van der Waals surface area contributed by atoms with E-state index in [-0.39, 0.29) is 12.1 Å². The number of nitrogens with one attached hydrogen (secondary N) is 1. The maximum atomic E-state index is 5.81. The Morgan fingerprint density at radius 2 is 1.93 bits per heavy atom. The molecule has 0 amide bonds. The van der Waals surface area contributed by atoms with Gasteiger partial charge in [0.25, 0.3) is 0 Å². The first kappa shape index (κ1) is 21.0. The molecule has 30 heavy (non-hydrogen) atoms. The number of benzene rings is 1. The fourth-order valence-corrected chi connectivity index (χ4v) is 4.81. The number of hydrogen-bond acceptors (Lipinski definition) is 3. The highest BCUT2D eigenvalue weighted by molar-refractivity contribution is 9.10. The van der Waals surface area contributed by atoms with Crippen molar-refractivity contribution in [3.63, 3.8) is 0 Å². The number of halogens is 1. The van der Waals surface area contributed by atoms with Crippen molar-refractivity contribution < 1.29 is 4.74 Å². The number of thiocarbonyl (C=S) groups is 1. The van der Waals surface area contributed by atoms with Gasteiger partial charge < -0.3 is 19.5 Å². The molecule has 1 saturated heterocycles. The van der Waals surface area contributed by atoms with Crippen LogP contribution in [0.3, 0.4) is 0 Å². The molecule has 4 rings (SSSR count). The smallest absolute Gasteiger partial charge is 0.174 e. The van der Waals surface area contributed by atoms with Gasteiger partial charge in [-0.2, -0.15) is 0 Å². The van der Waals surface area contributed by atoms with Crippen LogP contribution in [0.2, 0.25) is 0 Å². The molecule has 5 nitrogen and oxygen atoms in total. The summed E-state index contributed by atoms with van der Waals surface area (Å²) in [6.07, 6.45) is 1.83. The highest BCUT2D eigenvalue weighted by Crippen LogP contribution is 2.43. The number of ether oxygens (including phenoxy) is 1. The Bertz CT molecular complexity index is 1040. The predicted octanol–water partition coefficient (Wildman–Crippen LogP) is 5.09. The van der Waals surface area contributed by atoms with Crippen molar-refractivity contribution in [2.24, 2.45) is 0 Å². The second-order valence-corrected chi connectivity index (χ2v) is 8.75. The zero-order chi connectivity index (χ0) is 21.3. The van der Waals surface area contributed by atoms with Crippen molar-refractivity contribution in [1.29, 1.82) is 0 Å². The maximum Gasteiger partial charge on any atom is 0.174 e. The minimum Gasteiger partial charge on any atom is -0.383 e. The Hall–Kier alpha value is -2.22. The third-order valence-electron chi connectivity index (χ3n) is 5.65. The van der Waals surface area contributed by atoms with E-state index >= 15 is 0 Å². The van der Waals surface area contributed by atoms with Gasteiger partial charge in [-0.3, -0.25) is 4.98 Å². The van der Waals surface area contributed by atoms with Crippen LogP contribution >= 0.6 is 28.1 Å². The lowest BCUT2D eigenvalue weighted by atomic mass is 9.96. The number of anilines is 1. The van der Waals surface area contributed by atoms with Gasteiger partial charge in [-0.15, -0.1) is 0 Å². The third kappa shape index (κ3) is 3.89. The van der Waals surface area contributed by atoms with Crippen molar-refractivity contribution in [2.45, 2.75) is 32.5 Å². The monoisotopic (exact) mass is 484 g/mol. The minimum atomic E-state index is -0.0429. The van der Waals surface area contributed by atoms with E-state index in [0.29, 0.717) is 11.7 Å². The molecule has 0 bridgehead atoms. The van der Waals surface area contributed by atoms with E-state index in [2.05, 4.69) is 73.8 Å². The molecule has 1 N–H and O–H groups in total. The van der Waals surface area contributed by atoms with Crippen LogP contribution in [0, 0.1) is 13.8 Å². The molecule has 0 spiro atoms. The summed E-state index contributed by atoms with van der Waals surface area (Å²) in [5, 5.41) is 4.24. The van der Waals surface area contributed by atoms with E-state index in [9.17, 15) is 0 Å². The Labute approximate surface area is 191 Å². The molecule has 0 saturated carbocycles. The lowest BCUT2D eigenvalue weighted by Gasteiger charge is -2.28. The summed E-state index contributed by atoms with van der Waals surface area (Å²) >= 11 is 9.35. The van der Waals surface area contributed by atoms with Gasteiger partial charge in [0.15, 0.2) is 5.11 Å². The summed E-state index contributed by atoms with van der Waals surface area (Å²) in [6.45, 7) is 5.82. The normalized spacial score (nSPS) is 18.7. The lowest BCUT2D eigenvalue weighted by Crippen LogP contribution is -2.29. The van der Waals surface area contributed by atoms with E-state index in [4.69, 9.17) is 17.0 Å². The van der Waals surface area contributed by atoms with E-state index in [1.54, 1.807) is 7.11 Å². The molecule has 3 aromatic rings. The molecule has 0 radical (unpaired) electrons. The first-order chi connectivity index (χ1) is 14.5. The zero-order valence-corrected chi connectivity index (χ0v) is 19.7. The number of aromatic nitrogens is 2. The summed E-state index contributed by atoms with van der Waals surface area (Å²) < 4.78 is 8.68. The molecular weight excluding hydrogens is 460 g/mol. The van der Waals surface area contributed by atoms with Crippen LogP contribution < -0.4 is 10.2 Å². The van der Waals surface area contributed by atoms with Crippen LogP contribution in [0.5, 0.6) is 0 Å². The average Bonchev–Trinajstić information content (AvgIpc) is 3.23. The fourth-order valence-electron chi connectivity index (χ4n) is 4.20. The third-order valence-corrected chi connectivity index (χ3v) is 6.50. The molecule has 1 aliphatic rings. The molecule has 7 heteroatoms. The number of pyridine rings is 1. The number of nitrogens with zero attached hydrogens (tertiary/aromatic N) is 3. The second kappa shape index (κ2) is 8.88. The largest absolute Gasteiger partial charge is 0.383 e. The number of methoxy groups -OCH3 is 1. The standard InChI is InChI=1S/C23H25BrN4OS/c1-15-14-19(16(2)27(15)12-13-29-3)22-21(20-6-4-5-11-25-20)26-23(30)28(22)18-9-7-17(24)8-10-18/h4-11,14,21-22H,12-13H2,1-3H3,(H,26,30)/t21-,22-/m0/s1. The van der Waals surface area contributed by atoms with Gasteiger partial charge >= 0.3 is 0 Å². The van der Waals surface area contributed by atoms with Gasteiger partial charge in [-0.25, -0.2) is 0 Å². The molecule has 2 atom stereocenters. The van der Waals surface area contributed by atoms with Gasteiger partial charge in [0, 0.05) is 41.4 Å². The predicted molar refractivity (Wildman–Crippen MR) is 128 cm³/mol. The van der Waals surface area contributed by atoms with Crippen LogP contribution in [0.4, 0.5) is 5.69 Å². The zero-order valence-electron chi connectivity index (χ0n) is 17.3. The summed E-state index contributed by atoms with van der Waals surface area (Å²) in [5.74, 6) is 0. The van der Waals surface area contributed by atoms with Gasteiger partial charge in [-0.05, 0) is 74.1 Å². The minimum absolute atomic E-state index is 0.00364. The second-order valence-electron chi connectivity index (χ2n) is 7.44. The van der Waals surface area contributed by atoms with Gasteiger partial charge in [0.1, 0.15) is 0 Å². The molecule has 0 aliphatic carbocycles. The molecule has 2 aromatic heterocycles. The van der Waals surface area contributed by atoms with E-state index in [0.717, 1.165) is 22.4 Å². The van der Waals surface area contributed by atoms with Crippen LogP contribution in [0.15, 0.2) is 59.2 Å². The molecule has 3 heterocycles. The topological polar surface area (TPSA) is 42.3 Å². The number of hydrogen-bond donors (Lipinski definition) is 1. The Morgan fingerprint density at radius 1 is 1.17 bits per heavy atom. The molecule has 156 valence electrons. The fraction of sp³-hybridized carbons (Fsp3) is 0.304. The van der Waals surface area contributed by atoms with Crippen LogP contribution in [0.25, 0.3) is 0 Å². The average molecular weight is 485 g/mol. The van der Waals surface area contributed by atoms with E-state index in [1.165, 1.54) is 17.0 Å². The molecule has 1 fully saturated rings. The van der Waals surface area contributed by atoms with Crippen molar-refractivity contribution in [3.8, 4) is 0 Å². The van der Waals surface area contributed by atoms with Crippen LogP contribution in [-0.4, -0.2) is 28.4 Å². The van der Waals surface area contributed by atoms with Crippen LogP contribution in [0.1, 0.15) is 34.7 Å². The quantitative estimate of drug-likeness (QED) is 0.493. The lowest BCUT2D eigenvalue weighted by molar-refractivity contribution is 0.186. The summed E-state index contributed by atoms with van der Waals surface area (Å²) in [4.78, 5) is 6.85. The van der Waals surface area contributed by atoms with Crippen LogP contribution in [-0.2, 0) is 11.3 Å². The highest BCUT2D eigenvalue weighted by Gasteiger charge is 2.42. The van der Waals surface area contributed by atoms with Gasteiger partial charge in [0.05, 0.1) is 24.4 Å². The Kier molecular flexibility index (Phi) is 6.22. The molecule has 0 unspecified atom stereocenters. The first-order valence-corrected chi connectivity index (χ1v) is 11.1. The van der Waals surface area contributed by atoms with Gasteiger partial charge in [-0.1, -0.05) is 22.0 Å². The first-order valence-electron chi connectivity index (χ1n) is 9.93. The SMILES string of the molecule is COCCn1c(C)cc([C@H]2[C@H](c3ccccn3)NC(=S)N2c2ccc(Br)cc2)c1C. The van der Waals surface area contributed by atoms with Gasteiger partial charge in [0.2, 0.25) is 0 Å².